The van der Waals surface area contributed by atoms with Crippen molar-refractivity contribution in [2.24, 2.45) is 10.9 Å². The maximum atomic E-state index is 4.61. The lowest BCUT2D eigenvalue weighted by Gasteiger charge is -2.21. The SMILES string of the molecule is CCN=C(NC1CC(C)N(Cc2ccccc2)C1)NC1CC1C.I. The Bertz CT molecular complexity index is 533. The molecule has 0 radical (unpaired) electrons. The lowest BCUT2D eigenvalue weighted by Crippen LogP contribution is -2.45. The Morgan fingerprint density at radius 1 is 1.17 bits per heavy atom. The van der Waals surface area contributed by atoms with Crippen LogP contribution in [0.4, 0.5) is 0 Å². The zero-order valence-electron chi connectivity index (χ0n) is 15.0. The number of nitrogens with one attached hydrogen (secondary N) is 2. The van der Waals surface area contributed by atoms with Crippen molar-refractivity contribution in [1.29, 1.82) is 0 Å². The van der Waals surface area contributed by atoms with Crippen molar-refractivity contribution >= 4 is 29.9 Å². The van der Waals surface area contributed by atoms with Gasteiger partial charge in [-0.2, -0.15) is 0 Å². The minimum atomic E-state index is 0. The van der Waals surface area contributed by atoms with Gasteiger partial charge in [-0.05, 0) is 38.2 Å². The average Bonchev–Trinajstić information content (AvgIpc) is 3.11. The summed E-state index contributed by atoms with van der Waals surface area (Å²) in [5.74, 6) is 1.79. The Morgan fingerprint density at radius 3 is 2.50 bits per heavy atom. The maximum absolute atomic E-state index is 4.61. The predicted octanol–water partition coefficient (Wildman–Crippen LogP) is 3.23. The second-order valence-corrected chi connectivity index (χ2v) is 7.13. The summed E-state index contributed by atoms with van der Waals surface area (Å²) in [5.41, 5.74) is 1.40. The van der Waals surface area contributed by atoms with Crippen LogP contribution in [0.1, 0.15) is 39.2 Å². The first kappa shape index (κ1) is 19.5. The summed E-state index contributed by atoms with van der Waals surface area (Å²) >= 11 is 0. The number of benzene rings is 1. The van der Waals surface area contributed by atoms with Crippen molar-refractivity contribution in [3.8, 4) is 0 Å². The van der Waals surface area contributed by atoms with Gasteiger partial charge in [0.25, 0.3) is 0 Å². The third-order valence-electron chi connectivity index (χ3n) is 5.02. The summed E-state index contributed by atoms with van der Waals surface area (Å²) in [6.07, 6.45) is 2.45. The highest BCUT2D eigenvalue weighted by atomic mass is 127. The van der Waals surface area contributed by atoms with Gasteiger partial charge in [0.1, 0.15) is 0 Å². The molecule has 24 heavy (non-hydrogen) atoms. The molecule has 1 saturated heterocycles. The Morgan fingerprint density at radius 2 is 1.88 bits per heavy atom. The van der Waals surface area contributed by atoms with Gasteiger partial charge in [0, 0.05) is 37.8 Å². The van der Waals surface area contributed by atoms with E-state index in [1.165, 1.54) is 18.4 Å². The van der Waals surface area contributed by atoms with Crippen LogP contribution in [-0.2, 0) is 6.54 Å². The Kier molecular flexibility index (Phi) is 7.34. The zero-order valence-corrected chi connectivity index (χ0v) is 17.4. The van der Waals surface area contributed by atoms with Gasteiger partial charge >= 0.3 is 0 Å². The molecule has 0 bridgehead atoms. The van der Waals surface area contributed by atoms with Crippen molar-refractivity contribution in [2.75, 3.05) is 13.1 Å². The molecule has 2 N–H and O–H groups in total. The summed E-state index contributed by atoms with van der Waals surface area (Å²) < 4.78 is 0. The van der Waals surface area contributed by atoms with Crippen molar-refractivity contribution in [1.82, 2.24) is 15.5 Å². The summed E-state index contributed by atoms with van der Waals surface area (Å²) in [4.78, 5) is 7.18. The summed E-state index contributed by atoms with van der Waals surface area (Å²) in [5, 5.41) is 7.22. The van der Waals surface area contributed by atoms with Crippen LogP contribution in [0, 0.1) is 5.92 Å². The van der Waals surface area contributed by atoms with Gasteiger partial charge in [0.15, 0.2) is 5.96 Å². The van der Waals surface area contributed by atoms with E-state index in [4.69, 9.17) is 0 Å². The van der Waals surface area contributed by atoms with E-state index in [0.29, 0.717) is 18.1 Å². The molecule has 0 aromatic heterocycles. The zero-order chi connectivity index (χ0) is 16.2. The van der Waals surface area contributed by atoms with E-state index in [2.05, 4.69) is 71.6 Å². The second kappa shape index (κ2) is 9.04. The fraction of sp³-hybridized carbons (Fsp3) is 0.632. The number of hydrogen-bond donors (Lipinski definition) is 2. The van der Waals surface area contributed by atoms with Gasteiger partial charge in [-0.25, -0.2) is 0 Å². The molecular formula is C19H31IN4. The number of halogens is 1. The minimum absolute atomic E-state index is 0. The molecule has 4 unspecified atom stereocenters. The Labute approximate surface area is 163 Å². The first-order chi connectivity index (χ1) is 11.2. The van der Waals surface area contributed by atoms with Crippen molar-refractivity contribution in [3.05, 3.63) is 35.9 Å². The number of nitrogens with zero attached hydrogens (tertiary/aromatic N) is 2. The van der Waals surface area contributed by atoms with Crippen LogP contribution in [0.25, 0.3) is 0 Å². The third kappa shape index (κ3) is 5.34. The lowest BCUT2D eigenvalue weighted by molar-refractivity contribution is 0.258. The van der Waals surface area contributed by atoms with E-state index in [0.717, 1.165) is 31.5 Å². The molecule has 4 nitrogen and oxygen atoms in total. The molecule has 4 atom stereocenters. The molecule has 2 fully saturated rings. The van der Waals surface area contributed by atoms with Gasteiger partial charge in [-0.1, -0.05) is 37.3 Å². The van der Waals surface area contributed by atoms with Crippen molar-refractivity contribution in [3.63, 3.8) is 0 Å². The number of likely N-dealkylation sites (tertiary alicyclic amines) is 1. The lowest BCUT2D eigenvalue weighted by atomic mass is 10.2. The van der Waals surface area contributed by atoms with E-state index in [9.17, 15) is 0 Å². The molecule has 3 rings (SSSR count). The molecule has 0 amide bonds. The van der Waals surface area contributed by atoms with Gasteiger partial charge < -0.3 is 10.6 Å². The largest absolute Gasteiger partial charge is 0.353 e. The molecule has 1 aliphatic heterocycles. The van der Waals surface area contributed by atoms with Crippen LogP contribution in [-0.4, -0.2) is 42.1 Å². The highest BCUT2D eigenvalue weighted by Crippen LogP contribution is 2.29. The fourth-order valence-corrected chi connectivity index (χ4v) is 3.42. The first-order valence-corrected chi connectivity index (χ1v) is 9.01. The van der Waals surface area contributed by atoms with E-state index in [-0.39, 0.29) is 24.0 Å². The maximum Gasteiger partial charge on any atom is 0.191 e. The molecule has 2 aliphatic rings. The number of aliphatic imine (C=N–C) groups is 1. The number of guanidine groups is 1. The van der Waals surface area contributed by atoms with E-state index >= 15 is 0 Å². The first-order valence-electron chi connectivity index (χ1n) is 9.01. The van der Waals surface area contributed by atoms with Crippen LogP contribution in [0.15, 0.2) is 35.3 Å². The molecule has 1 aliphatic carbocycles. The van der Waals surface area contributed by atoms with Gasteiger partial charge in [-0.3, -0.25) is 9.89 Å². The van der Waals surface area contributed by atoms with Crippen LogP contribution >= 0.6 is 24.0 Å². The van der Waals surface area contributed by atoms with Crippen LogP contribution in [0.2, 0.25) is 0 Å². The monoisotopic (exact) mass is 442 g/mol. The van der Waals surface area contributed by atoms with Crippen molar-refractivity contribution < 1.29 is 0 Å². The smallest absolute Gasteiger partial charge is 0.191 e. The van der Waals surface area contributed by atoms with Crippen LogP contribution in [0.5, 0.6) is 0 Å². The topological polar surface area (TPSA) is 39.7 Å². The van der Waals surface area contributed by atoms with Gasteiger partial charge in [0.2, 0.25) is 0 Å². The van der Waals surface area contributed by atoms with E-state index < -0.39 is 0 Å². The van der Waals surface area contributed by atoms with E-state index in [1.54, 1.807) is 0 Å². The summed E-state index contributed by atoms with van der Waals surface area (Å²) in [6.45, 7) is 9.66. The third-order valence-corrected chi connectivity index (χ3v) is 5.02. The summed E-state index contributed by atoms with van der Waals surface area (Å²) in [6, 6.07) is 12.5. The number of hydrogen-bond acceptors (Lipinski definition) is 2. The Balaban J connectivity index is 0.00000208. The molecule has 134 valence electrons. The van der Waals surface area contributed by atoms with E-state index in [1.807, 2.05) is 0 Å². The van der Waals surface area contributed by atoms with Gasteiger partial charge in [-0.15, -0.1) is 24.0 Å². The standard InChI is InChI=1S/C19H30N4.HI/c1-4-20-19(22-18-10-14(18)2)21-17-11-15(3)23(13-17)12-16-8-6-5-7-9-16;/h5-9,14-15,17-18H,4,10-13H2,1-3H3,(H2,20,21,22);1H. The molecule has 5 heteroatoms. The molecule has 1 heterocycles. The highest BCUT2D eigenvalue weighted by Gasteiger charge is 2.34. The highest BCUT2D eigenvalue weighted by molar-refractivity contribution is 14.0. The van der Waals surface area contributed by atoms with Crippen LogP contribution < -0.4 is 10.6 Å². The second-order valence-electron chi connectivity index (χ2n) is 7.13. The minimum Gasteiger partial charge on any atom is -0.353 e. The quantitative estimate of drug-likeness (QED) is 0.418. The Hall–Kier alpha value is -0.820. The normalized spacial score (nSPS) is 29.9. The summed E-state index contributed by atoms with van der Waals surface area (Å²) in [7, 11) is 0. The predicted molar refractivity (Wildman–Crippen MR) is 112 cm³/mol. The number of rotatable bonds is 5. The molecule has 1 aromatic carbocycles. The van der Waals surface area contributed by atoms with Gasteiger partial charge in [0.05, 0.1) is 0 Å². The molecule has 0 spiro atoms. The fourth-order valence-electron chi connectivity index (χ4n) is 3.42. The average molecular weight is 442 g/mol. The molecular weight excluding hydrogens is 411 g/mol. The van der Waals surface area contributed by atoms with Crippen molar-refractivity contribution in [2.45, 2.75) is 58.3 Å². The molecule has 1 aromatic rings. The van der Waals surface area contributed by atoms with Crippen LogP contribution in [0.3, 0.4) is 0 Å². The molecule has 1 saturated carbocycles.